The van der Waals surface area contributed by atoms with Crippen LogP contribution in [-0.4, -0.2) is 11.7 Å². The van der Waals surface area contributed by atoms with Crippen molar-refractivity contribution in [3.8, 4) is 5.75 Å². The molecule has 0 aromatic heterocycles. The standard InChI is InChI=1S/C27H34NOP/c1-7-28(18-21-13-9-8-10-14-21)23-15-11-12-19(2)26(23)30-24-17-22(27(4,5)6)16-20(3)25(24)29/h8-17,29-30H,7,18H2,1-6H3. The highest BCUT2D eigenvalue weighted by atomic mass is 31.1. The van der Waals surface area contributed by atoms with Crippen molar-refractivity contribution in [2.24, 2.45) is 0 Å². The average Bonchev–Trinajstić information content (AvgIpc) is 2.71. The third kappa shape index (κ3) is 5.05. The maximum absolute atomic E-state index is 10.9. The first-order valence-electron chi connectivity index (χ1n) is 10.7. The third-order valence-corrected chi connectivity index (χ3v) is 7.17. The number of phenolic OH excluding ortho intramolecular Hbond substituents is 1. The smallest absolute Gasteiger partial charge is 0.126 e. The summed E-state index contributed by atoms with van der Waals surface area (Å²) in [6, 6.07) is 21.5. The van der Waals surface area contributed by atoms with Crippen LogP contribution < -0.4 is 15.5 Å². The van der Waals surface area contributed by atoms with E-state index in [4.69, 9.17) is 0 Å². The lowest BCUT2D eigenvalue weighted by Gasteiger charge is -2.28. The molecule has 2 nitrogen and oxygen atoms in total. The number of rotatable bonds is 6. The largest absolute Gasteiger partial charge is 0.507 e. The molecule has 3 aromatic carbocycles. The molecular weight excluding hydrogens is 385 g/mol. The van der Waals surface area contributed by atoms with Gasteiger partial charge in [-0.2, -0.15) is 0 Å². The topological polar surface area (TPSA) is 23.5 Å². The maximum Gasteiger partial charge on any atom is 0.126 e. The van der Waals surface area contributed by atoms with Crippen molar-refractivity contribution in [1.29, 1.82) is 0 Å². The Hall–Kier alpha value is -2.31. The molecule has 0 bridgehead atoms. The summed E-state index contributed by atoms with van der Waals surface area (Å²) in [6.07, 6.45) is 0. The first-order chi connectivity index (χ1) is 14.2. The van der Waals surface area contributed by atoms with E-state index in [2.05, 4.69) is 100 Å². The van der Waals surface area contributed by atoms with Gasteiger partial charge in [-0.1, -0.05) is 77.9 Å². The van der Waals surface area contributed by atoms with Crippen molar-refractivity contribution < 1.29 is 5.11 Å². The summed E-state index contributed by atoms with van der Waals surface area (Å²) < 4.78 is 0. The van der Waals surface area contributed by atoms with Gasteiger partial charge in [0.1, 0.15) is 5.75 Å². The normalized spacial score (nSPS) is 11.9. The van der Waals surface area contributed by atoms with Gasteiger partial charge in [0, 0.05) is 29.4 Å². The van der Waals surface area contributed by atoms with Crippen LogP contribution in [0.4, 0.5) is 5.69 Å². The molecule has 1 unspecified atom stereocenters. The van der Waals surface area contributed by atoms with Crippen LogP contribution in [0.3, 0.4) is 0 Å². The van der Waals surface area contributed by atoms with E-state index in [1.807, 2.05) is 6.92 Å². The molecule has 3 rings (SSSR count). The highest BCUT2D eigenvalue weighted by Crippen LogP contribution is 2.32. The SMILES string of the molecule is CCN(Cc1ccccc1)c1cccc(C)c1Pc1cc(C(C)(C)C)cc(C)c1O. The van der Waals surface area contributed by atoms with E-state index < -0.39 is 0 Å². The molecule has 1 N–H and O–H groups in total. The van der Waals surface area contributed by atoms with Crippen LogP contribution in [0.1, 0.15) is 49.9 Å². The molecule has 0 aliphatic heterocycles. The van der Waals surface area contributed by atoms with Gasteiger partial charge in [-0.3, -0.25) is 0 Å². The van der Waals surface area contributed by atoms with Gasteiger partial charge in [0.15, 0.2) is 0 Å². The average molecular weight is 420 g/mol. The fourth-order valence-corrected chi connectivity index (χ4v) is 5.15. The molecule has 0 amide bonds. The Labute approximate surface area is 183 Å². The minimum atomic E-state index is 0.0506. The van der Waals surface area contributed by atoms with Crippen molar-refractivity contribution >= 4 is 24.9 Å². The van der Waals surface area contributed by atoms with Gasteiger partial charge in [0.05, 0.1) is 0 Å². The molecule has 0 saturated carbocycles. The van der Waals surface area contributed by atoms with Crippen molar-refractivity contribution in [3.05, 3.63) is 82.9 Å². The molecule has 0 aliphatic rings. The number of aromatic hydroxyl groups is 1. The number of hydrogen-bond donors (Lipinski definition) is 1. The highest BCUT2D eigenvalue weighted by Gasteiger charge is 2.20. The fraction of sp³-hybridized carbons (Fsp3) is 0.333. The lowest BCUT2D eigenvalue weighted by atomic mass is 9.86. The van der Waals surface area contributed by atoms with Crippen molar-refractivity contribution in [3.63, 3.8) is 0 Å². The van der Waals surface area contributed by atoms with E-state index in [1.54, 1.807) is 0 Å². The monoisotopic (exact) mass is 419 g/mol. The van der Waals surface area contributed by atoms with E-state index in [1.165, 1.54) is 27.7 Å². The molecule has 0 saturated heterocycles. The van der Waals surface area contributed by atoms with Gasteiger partial charge in [0.25, 0.3) is 0 Å². The summed E-state index contributed by atoms with van der Waals surface area (Å²) >= 11 is 0. The second-order valence-electron chi connectivity index (χ2n) is 9.03. The summed E-state index contributed by atoms with van der Waals surface area (Å²) in [5.41, 5.74) is 6.12. The van der Waals surface area contributed by atoms with E-state index in [-0.39, 0.29) is 5.41 Å². The first-order valence-corrected chi connectivity index (χ1v) is 11.7. The van der Waals surface area contributed by atoms with Gasteiger partial charge in [-0.15, -0.1) is 0 Å². The van der Waals surface area contributed by atoms with Crippen LogP contribution in [-0.2, 0) is 12.0 Å². The minimum absolute atomic E-state index is 0.0506. The van der Waals surface area contributed by atoms with Gasteiger partial charge in [-0.05, 0) is 60.6 Å². The van der Waals surface area contributed by atoms with Gasteiger partial charge >= 0.3 is 0 Å². The minimum Gasteiger partial charge on any atom is -0.507 e. The molecule has 3 heteroatoms. The van der Waals surface area contributed by atoms with E-state index >= 15 is 0 Å². The number of nitrogens with zero attached hydrogens (tertiary/aromatic N) is 1. The number of benzene rings is 3. The molecule has 3 aromatic rings. The molecule has 1 atom stereocenters. The summed E-state index contributed by atoms with van der Waals surface area (Å²) in [5.74, 6) is 0.432. The Bertz CT molecular complexity index is 1010. The number of phenols is 1. The first kappa shape index (κ1) is 22.4. The van der Waals surface area contributed by atoms with Crippen molar-refractivity contribution in [1.82, 2.24) is 0 Å². The zero-order chi connectivity index (χ0) is 21.9. The van der Waals surface area contributed by atoms with Crippen LogP contribution in [0.2, 0.25) is 0 Å². The van der Waals surface area contributed by atoms with E-state index in [0.717, 1.165) is 24.0 Å². The van der Waals surface area contributed by atoms with Crippen LogP contribution in [0.25, 0.3) is 0 Å². The molecule has 0 radical (unpaired) electrons. The van der Waals surface area contributed by atoms with Crippen LogP contribution in [0, 0.1) is 13.8 Å². The van der Waals surface area contributed by atoms with E-state index in [9.17, 15) is 5.11 Å². The Kier molecular flexibility index (Phi) is 6.88. The van der Waals surface area contributed by atoms with Crippen LogP contribution >= 0.6 is 8.58 Å². The molecular formula is C27H34NOP. The van der Waals surface area contributed by atoms with Crippen LogP contribution in [0.5, 0.6) is 5.75 Å². The summed E-state index contributed by atoms with van der Waals surface area (Å²) in [5, 5.41) is 13.2. The Morgan fingerprint density at radius 2 is 1.60 bits per heavy atom. The second-order valence-corrected chi connectivity index (χ2v) is 10.3. The maximum atomic E-state index is 10.9. The highest BCUT2D eigenvalue weighted by molar-refractivity contribution is 7.56. The van der Waals surface area contributed by atoms with Crippen molar-refractivity contribution in [2.45, 2.75) is 53.5 Å². The zero-order valence-electron chi connectivity index (χ0n) is 19.1. The summed E-state index contributed by atoms with van der Waals surface area (Å²) in [4.78, 5) is 2.43. The van der Waals surface area contributed by atoms with Crippen molar-refractivity contribution in [2.75, 3.05) is 11.4 Å². The molecule has 0 spiro atoms. The molecule has 30 heavy (non-hydrogen) atoms. The van der Waals surface area contributed by atoms with Gasteiger partial charge in [0.2, 0.25) is 0 Å². The Morgan fingerprint density at radius 3 is 2.23 bits per heavy atom. The zero-order valence-corrected chi connectivity index (χ0v) is 20.1. The Morgan fingerprint density at radius 1 is 0.900 bits per heavy atom. The molecule has 158 valence electrons. The predicted molar refractivity (Wildman–Crippen MR) is 133 cm³/mol. The third-order valence-electron chi connectivity index (χ3n) is 5.62. The molecule has 0 heterocycles. The Balaban J connectivity index is 2.03. The number of anilines is 1. The predicted octanol–water partition coefficient (Wildman–Crippen LogP) is 5.96. The molecule has 0 fully saturated rings. The summed E-state index contributed by atoms with van der Waals surface area (Å²) in [6.45, 7) is 14.9. The van der Waals surface area contributed by atoms with E-state index in [0.29, 0.717) is 14.3 Å². The second kappa shape index (κ2) is 9.23. The van der Waals surface area contributed by atoms with Gasteiger partial charge < -0.3 is 10.0 Å². The lowest BCUT2D eigenvalue weighted by Crippen LogP contribution is -2.27. The number of hydrogen-bond acceptors (Lipinski definition) is 2. The quantitative estimate of drug-likeness (QED) is 0.498. The number of aryl methyl sites for hydroxylation is 2. The summed E-state index contributed by atoms with van der Waals surface area (Å²) in [7, 11) is 0.410. The van der Waals surface area contributed by atoms with Crippen LogP contribution in [0.15, 0.2) is 60.7 Å². The fourth-order valence-electron chi connectivity index (χ4n) is 3.69. The van der Waals surface area contributed by atoms with Gasteiger partial charge in [-0.25, -0.2) is 0 Å². The molecule has 0 aliphatic carbocycles. The lowest BCUT2D eigenvalue weighted by molar-refractivity contribution is 0.474.